The van der Waals surface area contributed by atoms with E-state index >= 15 is 0 Å². The van der Waals surface area contributed by atoms with E-state index in [-0.39, 0.29) is 11.7 Å². The molecule has 21 heavy (non-hydrogen) atoms. The lowest BCUT2D eigenvalue weighted by Crippen LogP contribution is -2.18. The van der Waals surface area contributed by atoms with Crippen LogP contribution in [0.15, 0.2) is 30.5 Å². The van der Waals surface area contributed by atoms with E-state index in [0.29, 0.717) is 23.5 Å². The molecule has 0 aliphatic rings. The van der Waals surface area contributed by atoms with Crippen molar-refractivity contribution in [2.45, 2.75) is 27.0 Å². The van der Waals surface area contributed by atoms with Crippen molar-refractivity contribution >= 4 is 11.6 Å². The van der Waals surface area contributed by atoms with E-state index in [4.69, 9.17) is 0 Å². The number of amides is 1. The van der Waals surface area contributed by atoms with Crippen LogP contribution in [0.4, 0.5) is 14.5 Å². The van der Waals surface area contributed by atoms with Crippen molar-refractivity contribution < 1.29 is 18.3 Å². The molecule has 7 heteroatoms. The summed E-state index contributed by atoms with van der Waals surface area (Å²) in [5.41, 5.74) is 1.60. The monoisotopic (exact) mass is 295 g/mol. The summed E-state index contributed by atoms with van der Waals surface area (Å²) in [4.78, 5) is 12.1. The zero-order valence-corrected chi connectivity index (χ0v) is 11.6. The summed E-state index contributed by atoms with van der Waals surface area (Å²) in [6.07, 6.45) is 1.55. The van der Waals surface area contributed by atoms with Crippen LogP contribution >= 0.6 is 0 Å². The maximum absolute atomic E-state index is 12.1. The molecule has 1 N–H and O–H groups in total. The summed E-state index contributed by atoms with van der Waals surface area (Å²) >= 11 is 0. The van der Waals surface area contributed by atoms with Gasteiger partial charge in [0.2, 0.25) is 0 Å². The fourth-order valence-corrected chi connectivity index (χ4v) is 1.92. The third-order valence-electron chi connectivity index (χ3n) is 2.92. The molecule has 0 radical (unpaired) electrons. The van der Waals surface area contributed by atoms with Gasteiger partial charge in [0.15, 0.2) is 0 Å². The van der Waals surface area contributed by atoms with Crippen LogP contribution in [-0.4, -0.2) is 22.3 Å². The van der Waals surface area contributed by atoms with E-state index in [1.54, 1.807) is 23.9 Å². The first kappa shape index (κ1) is 15.0. The van der Waals surface area contributed by atoms with Crippen LogP contribution in [0.25, 0.3) is 0 Å². The number of carbonyl (C=O) groups excluding carboxylic acids is 1. The summed E-state index contributed by atoms with van der Waals surface area (Å²) in [6, 6.07) is 5.96. The number of ether oxygens (including phenoxy) is 1. The molecule has 2 rings (SSSR count). The Labute approximate surface area is 120 Å². The van der Waals surface area contributed by atoms with Gasteiger partial charge in [0.25, 0.3) is 5.91 Å². The highest BCUT2D eigenvalue weighted by Gasteiger charge is 2.13. The minimum Gasteiger partial charge on any atom is -0.435 e. The van der Waals surface area contributed by atoms with Gasteiger partial charge in [-0.1, -0.05) is 0 Å². The number of carbonyl (C=O) groups is 1. The molecule has 5 nitrogen and oxygen atoms in total. The molecule has 1 aromatic carbocycles. The van der Waals surface area contributed by atoms with Crippen molar-refractivity contribution in [2.75, 3.05) is 5.32 Å². The van der Waals surface area contributed by atoms with Crippen LogP contribution in [0.3, 0.4) is 0 Å². The largest absolute Gasteiger partial charge is 0.435 e. The smallest absolute Gasteiger partial charge is 0.387 e. The molecule has 0 aliphatic heterocycles. The third kappa shape index (κ3) is 3.56. The van der Waals surface area contributed by atoms with Crippen molar-refractivity contribution in [3.05, 3.63) is 41.7 Å². The van der Waals surface area contributed by atoms with Crippen molar-refractivity contribution in [1.29, 1.82) is 0 Å². The van der Waals surface area contributed by atoms with E-state index in [1.807, 2.05) is 6.92 Å². The van der Waals surface area contributed by atoms with Crippen LogP contribution in [0.5, 0.6) is 5.75 Å². The highest BCUT2D eigenvalue weighted by Crippen LogP contribution is 2.23. The Hall–Kier alpha value is -2.44. The SMILES string of the molecule is CCn1nccc1C(=O)Nc1ccc(OC(F)F)cc1C. The number of benzene rings is 1. The molecule has 0 aliphatic carbocycles. The third-order valence-corrected chi connectivity index (χ3v) is 2.92. The molecule has 1 amide bonds. The zero-order chi connectivity index (χ0) is 15.4. The predicted molar refractivity (Wildman–Crippen MR) is 73.7 cm³/mol. The van der Waals surface area contributed by atoms with E-state index in [1.165, 1.54) is 18.2 Å². The number of nitrogens with zero attached hydrogens (tertiary/aromatic N) is 2. The Bertz CT molecular complexity index is 641. The van der Waals surface area contributed by atoms with Crippen molar-refractivity contribution in [2.24, 2.45) is 0 Å². The number of rotatable bonds is 5. The lowest BCUT2D eigenvalue weighted by molar-refractivity contribution is -0.0498. The van der Waals surface area contributed by atoms with Crippen LogP contribution < -0.4 is 10.1 Å². The summed E-state index contributed by atoms with van der Waals surface area (Å²) in [6.45, 7) is 1.29. The number of alkyl halides is 2. The van der Waals surface area contributed by atoms with Gasteiger partial charge in [-0.25, -0.2) is 0 Å². The van der Waals surface area contributed by atoms with Gasteiger partial charge in [-0.2, -0.15) is 13.9 Å². The van der Waals surface area contributed by atoms with Gasteiger partial charge in [-0.15, -0.1) is 0 Å². The van der Waals surface area contributed by atoms with Gasteiger partial charge in [0.1, 0.15) is 11.4 Å². The van der Waals surface area contributed by atoms with Crippen molar-refractivity contribution in [3.63, 3.8) is 0 Å². The topological polar surface area (TPSA) is 56.2 Å². The van der Waals surface area contributed by atoms with E-state index in [9.17, 15) is 13.6 Å². The number of hydrogen-bond donors (Lipinski definition) is 1. The second-order valence-corrected chi connectivity index (χ2v) is 4.34. The molecular formula is C14H15F2N3O2. The molecule has 2 aromatic rings. The highest BCUT2D eigenvalue weighted by molar-refractivity contribution is 6.03. The van der Waals surface area contributed by atoms with Crippen molar-refractivity contribution in [1.82, 2.24) is 9.78 Å². The average molecular weight is 295 g/mol. The van der Waals surface area contributed by atoms with Crippen LogP contribution in [-0.2, 0) is 6.54 Å². The standard InChI is InChI=1S/C14H15F2N3O2/c1-3-19-12(6-7-17-19)13(20)18-11-5-4-10(8-9(11)2)21-14(15)16/h4-8,14H,3H2,1-2H3,(H,18,20). The predicted octanol–water partition coefficient (Wildman–Crippen LogP) is 3.07. The molecule has 0 unspecified atom stereocenters. The Morgan fingerprint density at radius 1 is 1.43 bits per heavy atom. The fraction of sp³-hybridized carbons (Fsp3) is 0.286. The van der Waals surface area contributed by atoms with Gasteiger partial charge in [0.05, 0.1) is 0 Å². The van der Waals surface area contributed by atoms with Gasteiger partial charge in [-0.05, 0) is 43.7 Å². The second-order valence-electron chi connectivity index (χ2n) is 4.34. The summed E-state index contributed by atoms with van der Waals surface area (Å²) in [7, 11) is 0. The molecule has 1 heterocycles. The van der Waals surface area contributed by atoms with E-state index in [0.717, 1.165) is 0 Å². The fourth-order valence-electron chi connectivity index (χ4n) is 1.92. The molecule has 1 aromatic heterocycles. The first-order valence-electron chi connectivity index (χ1n) is 6.40. The molecular weight excluding hydrogens is 280 g/mol. The molecule has 112 valence electrons. The first-order chi connectivity index (χ1) is 10.0. The number of nitrogens with one attached hydrogen (secondary N) is 1. The molecule has 0 saturated carbocycles. The number of aromatic nitrogens is 2. The van der Waals surface area contributed by atoms with Gasteiger partial charge in [-0.3, -0.25) is 9.48 Å². The van der Waals surface area contributed by atoms with Crippen LogP contribution in [0.2, 0.25) is 0 Å². The first-order valence-corrected chi connectivity index (χ1v) is 6.40. The lowest BCUT2D eigenvalue weighted by atomic mass is 10.2. The maximum atomic E-state index is 12.1. The molecule has 0 spiro atoms. The Morgan fingerprint density at radius 2 is 2.19 bits per heavy atom. The normalized spacial score (nSPS) is 10.7. The number of halogens is 2. The number of hydrogen-bond acceptors (Lipinski definition) is 3. The Kier molecular flexibility index (Phi) is 4.52. The molecule has 0 bridgehead atoms. The lowest BCUT2D eigenvalue weighted by Gasteiger charge is -2.11. The van der Waals surface area contributed by atoms with Gasteiger partial charge >= 0.3 is 6.61 Å². The summed E-state index contributed by atoms with van der Waals surface area (Å²) in [5, 5.41) is 6.74. The summed E-state index contributed by atoms with van der Waals surface area (Å²) < 4.78 is 30.1. The highest BCUT2D eigenvalue weighted by atomic mass is 19.3. The second kappa shape index (κ2) is 6.34. The van der Waals surface area contributed by atoms with Gasteiger partial charge < -0.3 is 10.1 Å². The molecule has 0 saturated heterocycles. The van der Waals surface area contributed by atoms with Gasteiger partial charge in [0, 0.05) is 18.4 Å². The van der Waals surface area contributed by atoms with Crippen LogP contribution in [0.1, 0.15) is 23.0 Å². The minimum absolute atomic E-state index is 0.0547. The number of aryl methyl sites for hydroxylation is 2. The Morgan fingerprint density at radius 3 is 2.81 bits per heavy atom. The zero-order valence-electron chi connectivity index (χ0n) is 11.6. The molecule has 0 atom stereocenters. The number of anilines is 1. The summed E-state index contributed by atoms with van der Waals surface area (Å²) in [5.74, 6) is -0.251. The van der Waals surface area contributed by atoms with Crippen LogP contribution in [0, 0.1) is 6.92 Å². The minimum atomic E-state index is -2.87. The average Bonchev–Trinajstić information content (AvgIpc) is 2.89. The molecule has 0 fully saturated rings. The van der Waals surface area contributed by atoms with E-state index in [2.05, 4.69) is 15.2 Å². The van der Waals surface area contributed by atoms with E-state index < -0.39 is 6.61 Å². The quantitative estimate of drug-likeness (QED) is 0.922. The Balaban J connectivity index is 2.14. The van der Waals surface area contributed by atoms with Crippen molar-refractivity contribution in [3.8, 4) is 5.75 Å². The maximum Gasteiger partial charge on any atom is 0.387 e.